The van der Waals surface area contributed by atoms with Gasteiger partial charge >= 0.3 is 0 Å². The molecule has 1 atom stereocenters. The van der Waals surface area contributed by atoms with Crippen molar-refractivity contribution in [2.24, 2.45) is 0 Å². The Kier molecular flexibility index (Phi) is 7.04. The third-order valence-corrected chi connectivity index (χ3v) is 7.86. The number of aromatic nitrogens is 4. The maximum Gasteiger partial charge on any atom is 0.258 e. The molecule has 0 bridgehead atoms. The standard InChI is InChI=1S/C27H27FIN5O3/c1-18-14-32(17-31-18)23-8-3-19(12-24(23)37-2)11-20-13-30-26-33(25(20)36)15-27(16-35,9-10-34(26)29)21-4-6-22(28)7-5-21/h3-8,12-14,17,35H,9-11,15-16H2,1-2H3. The van der Waals surface area contributed by atoms with Gasteiger partial charge in [0.05, 0.1) is 54.3 Å². The van der Waals surface area contributed by atoms with Crippen LogP contribution in [-0.4, -0.2) is 44.5 Å². The number of aliphatic hydroxyl groups excluding tert-OH is 1. The van der Waals surface area contributed by atoms with E-state index in [4.69, 9.17) is 4.74 Å². The second-order valence-electron chi connectivity index (χ2n) is 9.36. The fraction of sp³-hybridized carbons (Fsp3) is 0.296. The van der Waals surface area contributed by atoms with Gasteiger partial charge in [-0.25, -0.2) is 14.4 Å². The Morgan fingerprint density at radius 3 is 2.65 bits per heavy atom. The van der Waals surface area contributed by atoms with Gasteiger partial charge in [-0.3, -0.25) is 12.5 Å². The van der Waals surface area contributed by atoms with Crippen LogP contribution in [0.1, 0.15) is 28.8 Å². The molecule has 8 nitrogen and oxygen atoms in total. The normalized spacial score (nSPS) is 17.4. The van der Waals surface area contributed by atoms with E-state index in [0.717, 1.165) is 22.5 Å². The van der Waals surface area contributed by atoms with Gasteiger partial charge in [-0.05, 0) is 48.7 Å². The minimum atomic E-state index is -0.736. The summed E-state index contributed by atoms with van der Waals surface area (Å²) in [7, 11) is 1.62. The molecule has 1 N–H and O–H groups in total. The molecule has 0 aliphatic carbocycles. The third kappa shape index (κ3) is 4.87. The van der Waals surface area contributed by atoms with Crippen LogP contribution < -0.4 is 13.4 Å². The summed E-state index contributed by atoms with van der Waals surface area (Å²) in [5.41, 5.74) is 3.09. The van der Waals surface area contributed by atoms with Crippen LogP contribution in [0, 0.1) is 12.7 Å². The largest absolute Gasteiger partial charge is 0.495 e. The molecule has 10 heteroatoms. The zero-order chi connectivity index (χ0) is 26.2. The maximum atomic E-state index is 13.8. The highest BCUT2D eigenvalue weighted by atomic mass is 127. The number of nitrogens with zero attached hydrogens (tertiary/aromatic N) is 5. The number of aryl methyl sites for hydroxylation is 1. The topological polar surface area (TPSA) is 85.4 Å². The van der Waals surface area contributed by atoms with E-state index in [1.54, 1.807) is 36.3 Å². The first kappa shape index (κ1) is 25.4. The quantitative estimate of drug-likeness (QED) is 0.261. The average Bonchev–Trinajstić information content (AvgIpc) is 3.28. The molecule has 5 rings (SSSR count). The molecule has 2 aromatic heterocycles. The summed E-state index contributed by atoms with van der Waals surface area (Å²) in [5.74, 6) is 0.870. The zero-order valence-corrected chi connectivity index (χ0v) is 22.7. The number of methoxy groups -OCH3 is 1. The average molecular weight is 615 g/mol. The number of imidazole rings is 1. The Morgan fingerprint density at radius 1 is 1.19 bits per heavy atom. The Labute approximate surface area is 227 Å². The molecule has 0 radical (unpaired) electrons. The predicted octanol–water partition coefficient (Wildman–Crippen LogP) is 3.97. The van der Waals surface area contributed by atoms with Crippen LogP contribution in [0.2, 0.25) is 0 Å². The summed E-state index contributed by atoms with van der Waals surface area (Å²) in [4.78, 5) is 22.7. The molecule has 3 heterocycles. The van der Waals surface area contributed by atoms with Crippen molar-refractivity contribution in [2.45, 2.75) is 31.7 Å². The van der Waals surface area contributed by atoms with Crippen LogP contribution >= 0.6 is 22.9 Å². The molecule has 1 aliphatic heterocycles. The lowest BCUT2D eigenvalue weighted by Gasteiger charge is -2.31. The number of benzene rings is 2. The van der Waals surface area contributed by atoms with Gasteiger partial charge in [0, 0.05) is 42.9 Å². The van der Waals surface area contributed by atoms with E-state index in [9.17, 15) is 14.3 Å². The molecule has 2 aromatic carbocycles. The molecule has 192 valence electrons. The van der Waals surface area contributed by atoms with Crippen molar-refractivity contribution in [3.63, 3.8) is 0 Å². The Bertz CT molecular complexity index is 1490. The summed E-state index contributed by atoms with van der Waals surface area (Å²) in [6.07, 6.45) is 6.24. The molecular formula is C27H27FIN5O3. The third-order valence-electron chi connectivity index (χ3n) is 6.95. The molecule has 1 unspecified atom stereocenters. The van der Waals surface area contributed by atoms with Gasteiger partial charge in [-0.2, -0.15) is 0 Å². The van der Waals surface area contributed by atoms with Crippen molar-refractivity contribution in [3.05, 3.63) is 99.7 Å². The van der Waals surface area contributed by atoms with E-state index >= 15 is 0 Å². The maximum absolute atomic E-state index is 13.8. The molecular weight excluding hydrogens is 588 g/mol. The molecule has 37 heavy (non-hydrogen) atoms. The monoisotopic (exact) mass is 615 g/mol. The van der Waals surface area contributed by atoms with Gasteiger partial charge < -0.3 is 14.4 Å². The second kappa shape index (κ2) is 10.3. The lowest BCUT2D eigenvalue weighted by Crippen LogP contribution is -2.39. The van der Waals surface area contributed by atoms with E-state index in [1.165, 1.54) is 12.1 Å². The number of anilines is 1. The number of hydrogen-bond acceptors (Lipinski definition) is 6. The van der Waals surface area contributed by atoms with Crippen molar-refractivity contribution >= 4 is 28.8 Å². The first-order valence-electron chi connectivity index (χ1n) is 11.9. The Hall–Kier alpha value is -3.25. The van der Waals surface area contributed by atoms with Gasteiger partial charge in [-0.1, -0.05) is 18.2 Å². The van der Waals surface area contributed by atoms with Crippen LogP contribution in [0.4, 0.5) is 10.3 Å². The zero-order valence-electron chi connectivity index (χ0n) is 20.6. The number of aliphatic hydroxyl groups is 1. The molecule has 0 saturated carbocycles. The van der Waals surface area contributed by atoms with Crippen molar-refractivity contribution in [3.8, 4) is 11.4 Å². The lowest BCUT2D eigenvalue weighted by molar-refractivity contribution is 0.170. The van der Waals surface area contributed by atoms with Gasteiger partial charge in [-0.15, -0.1) is 0 Å². The predicted molar refractivity (Wildman–Crippen MR) is 147 cm³/mol. The van der Waals surface area contributed by atoms with Gasteiger partial charge in [0.25, 0.3) is 5.56 Å². The summed E-state index contributed by atoms with van der Waals surface area (Å²) in [6, 6.07) is 12.0. The molecule has 0 amide bonds. The highest BCUT2D eigenvalue weighted by Crippen LogP contribution is 2.35. The van der Waals surface area contributed by atoms with Gasteiger partial charge in [0.1, 0.15) is 11.6 Å². The van der Waals surface area contributed by atoms with Gasteiger partial charge in [0.15, 0.2) is 0 Å². The van der Waals surface area contributed by atoms with E-state index in [0.29, 0.717) is 36.6 Å². The van der Waals surface area contributed by atoms with E-state index in [2.05, 4.69) is 32.8 Å². The summed E-state index contributed by atoms with van der Waals surface area (Å²) >= 11 is 2.15. The van der Waals surface area contributed by atoms with Crippen LogP contribution in [0.5, 0.6) is 5.75 Å². The summed E-state index contributed by atoms with van der Waals surface area (Å²) < 4.78 is 24.7. The van der Waals surface area contributed by atoms with Crippen LogP contribution in [0.3, 0.4) is 0 Å². The van der Waals surface area contributed by atoms with Crippen LogP contribution in [0.25, 0.3) is 5.69 Å². The smallest absolute Gasteiger partial charge is 0.258 e. The highest BCUT2D eigenvalue weighted by molar-refractivity contribution is 14.1. The molecule has 1 aliphatic rings. The van der Waals surface area contributed by atoms with Crippen LogP contribution in [-0.2, 0) is 18.4 Å². The molecule has 0 spiro atoms. The fourth-order valence-electron chi connectivity index (χ4n) is 4.85. The van der Waals surface area contributed by atoms with Crippen molar-refractivity contribution in [1.82, 2.24) is 19.1 Å². The minimum Gasteiger partial charge on any atom is -0.495 e. The van der Waals surface area contributed by atoms with E-state index in [-0.39, 0.29) is 24.5 Å². The number of ether oxygens (including phenoxy) is 1. The van der Waals surface area contributed by atoms with Crippen molar-refractivity contribution < 1.29 is 14.2 Å². The summed E-state index contributed by atoms with van der Waals surface area (Å²) in [6.45, 7) is 2.57. The Balaban J connectivity index is 1.51. The van der Waals surface area contributed by atoms with E-state index in [1.807, 2.05) is 39.0 Å². The first-order chi connectivity index (χ1) is 17.8. The SMILES string of the molecule is COc1cc(Cc2cnc3n(c2=O)CC(CO)(c2ccc(F)cc2)CCN3I)ccc1-n1cnc(C)c1. The van der Waals surface area contributed by atoms with Crippen LogP contribution in [0.15, 0.2) is 66.0 Å². The number of fused-ring (bicyclic) bond motifs is 1. The second-order valence-corrected chi connectivity index (χ2v) is 10.5. The molecule has 4 aromatic rings. The molecule has 0 fully saturated rings. The molecule has 0 saturated heterocycles. The Morgan fingerprint density at radius 2 is 1.97 bits per heavy atom. The lowest BCUT2D eigenvalue weighted by atomic mass is 9.78. The summed E-state index contributed by atoms with van der Waals surface area (Å²) in [5, 5.41) is 10.5. The van der Waals surface area contributed by atoms with Crippen molar-refractivity contribution in [1.29, 1.82) is 0 Å². The minimum absolute atomic E-state index is 0.165. The number of rotatable bonds is 6. The van der Waals surface area contributed by atoms with E-state index < -0.39 is 5.41 Å². The van der Waals surface area contributed by atoms with Crippen molar-refractivity contribution in [2.75, 3.05) is 23.4 Å². The number of halogens is 2. The fourth-order valence-corrected chi connectivity index (χ4v) is 5.48. The first-order valence-corrected chi connectivity index (χ1v) is 12.9. The number of hydrogen-bond donors (Lipinski definition) is 1. The van der Waals surface area contributed by atoms with Gasteiger partial charge in [0.2, 0.25) is 5.95 Å². The highest BCUT2D eigenvalue weighted by Gasteiger charge is 2.37.